The van der Waals surface area contributed by atoms with E-state index >= 15 is 0 Å². The van der Waals surface area contributed by atoms with Crippen LogP contribution in [0.3, 0.4) is 0 Å². The van der Waals surface area contributed by atoms with Crippen molar-refractivity contribution in [2.24, 2.45) is 0 Å². The molecule has 0 heterocycles. The summed E-state index contributed by atoms with van der Waals surface area (Å²) in [6.45, 7) is 6.50. The van der Waals surface area contributed by atoms with Crippen molar-refractivity contribution in [3.05, 3.63) is 60.8 Å². The van der Waals surface area contributed by atoms with E-state index in [-0.39, 0.29) is 37.5 Å². The fraction of sp³-hybridized carbons (Fsp3) is 0.806. The van der Waals surface area contributed by atoms with Crippen LogP contribution in [-0.4, -0.2) is 37.2 Å². The van der Waals surface area contributed by atoms with Gasteiger partial charge in [-0.15, -0.1) is 0 Å². The largest absolute Gasteiger partial charge is 0.462 e. The molecule has 0 amide bonds. The summed E-state index contributed by atoms with van der Waals surface area (Å²) in [7, 11) is 0. The number of unbranched alkanes of at least 4 members (excludes halogenated alkanes) is 37. The van der Waals surface area contributed by atoms with E-state index in [2.05, 4.69) is 75.5 Å². The van der Waals surface area contributed by atoms with E-state index in [1.54, 1.807) is 0 Å². The molecule has 0 aromatic heterocycles. The lowest BCUT2D eigenvalue weighted by Crippen LogP contribution is -2.30. The third-order valence-corrected chi connectivity index (χ3v) is 14.0. The summed E-state index contributed by atoms with van der Waals surface area (Å²) < 4.78 is 16.8. The SMILES string of the molecule is CC/C=C\C/C=C\C/C=C\C/C=C\CCC(=O)OCC(COC(=O)CCCCCCCCCCCCCCCCCCCCCCCCCCC)OC(=O)CCCCCCCCC/C=C\CCCCCCCC. The van der Waals surface area contributed by atoms with Gasteiger partial charge in [0.2, 0.25) is 0 Å². The minimum atomic E-state index is -0.804. The Balaban J connectivity index is 4.28. The number of carbonyl (C=O) groups is 3. The Hall–Kier alpha value is -2.89. The molecule has 0 saturated heterocycles. The number of ether oxygens (including phenoxy) is 3. The summed E-state index contributed by atoms with van der Waals surface area (Å²) in [5.41, 5.74) is 0. The summed E-state index contributed by atoms with van der Waals surface area (Å²) in [4.78, 5) is 38.2. The first kappa shape index (κ1) is 70.1. The maximum atomic E-state index is 12.9. The lowest BCUT2D eigenvalue weighted by atomic mass is 10.0. The molecule has 6 heteroatoms. The lowest BCUT2D eigenvalue weighted by molar-refractivity contribution is -0.166. The Morgan fingerprint density at radius 3 is 0.918 bits per heavy atom. The minimum absolute atomic E-state index is 0.0948. The number of rotatable bonds is 58. The Labute approximate surface area is 453 Å². The average Bonchev–Trinajstić information content (AvgIpc) is 3.39. The third-order valence-electron chi connectivity index (χ3n) is 14.0. The van der Waals surface area contributed by atoms with Crippen LogP contribution in [0.2, 0.25) is 0 Å². The highest BCUT2D eigenvalue weighted by molar-refractivity contribution is 5.71. The first-order valence-corrected chi connectivity index (χ1v) is 31.8. The van der Waals surface area contributed by atoms with E-state index in [9.17, 15) is 14.4 Å². The number of carbonyl (C=O) groups excluding carboxylic acids is 3. The van der Waals surface area contributed by atoms with E-state index in [4.69, 9.17) is 14.2 Å². The molecule has 1 unspecified atom stereocenters. The zero-order chi connectivity index (χ0) is 52.9. The van der Waals surface area contributed by atoms with Crippen LogP contribution >= 0.6 is 0 Å². The van der Waals surface area contributed by atoms with Gasteiger partial charge in [0.25, 0.3) is 0 Å². The van der Waals surface area contributed by atoms with Crippen LogP contribution in [0.1, 0.15) is 329 Å². The summed E-state index contributed by atoms with van der Waals surface area (Å²) in [6, 6.07) is 0. The molecule has 1 atom stereocenters. The van der Waals surface area contributed by atoms with Gasteiger partial charge in [0.15, 0.2) is 6.10 Å². The van der Waals surface area contributed by atoms with Crippen LogP contribution in [0.4, 0.5) is 0 Å². The Morgan fingerprint density at radius 2 is 0.562 bits per heavy atom. The zero-order valence-electron chi connectivity index (χ0n) is 48.7. The highest BCUT2D eigenvalue weighted by Gasteiger charge is 2.19. The van der Waals surface area contributed by atoms with Crippen molar-refractivity contribution >= 4 is 17.9 Å². The molecule has 0 saturated carbocycles. The second-order valence-electron chi connectivity index (χ2n) is 21.3. The van der Waals surface area contributed by atoms with Crippen molar-refractivity contribution < 1.29 is 28.6 Å². The van der Waals surface area contributed by atoms with Gasteiger partial charge >= 0.3 is 17.9 Å². The van der Waals surface area contributed by atoms with Gasteiger partial charge in [-0.05, 0) is 70.6 Å². The maximum Gasteiger partial charge on any atom is 0.306 e. The zero-order valence-corrected chi connectivity index (χ0v) is 48.7. The average molecular weight is 1020 g/mol. The monoisotopic (exact) mass is 1020 g/mol. The van der Waals surface area contributed by atoms with Crippen molar-refractivity contribution in [3.63, 3.8) is 0 Å². The van der Waals surface area contributed by atoms with E-state index in [1.807, 2.05) is 6.08 Å². The van der Waals surface area contributed by atoms with Crippen LogP contribution in [0.25, 0.3) is 0 Å². The molecule has 0 aliphatic heterocycles. The van der Waals surface area contributed by atoms with Crippen LogP contribution in [0.5, 0.6) is 0 Å². The number of hydrogen-bond donors (Lipinski definition) is 0. The van der Waals surface area contributed by atoms with Gasteiger partial charge in [-0.3, -0.25) is 14.4 Å². The predicted octanol–water partition coefficient (Wildman–Crippen LogP) is 21.6. The molecule has 0 N–H and O–H groups in total. The van der Waals surface area contributed by atoms with Gasteiger partial charge in [0, 0.05) is 19.3 Å². The van der Waals surface area contributed by atoms with Crippen LogP contribution in [-0.2, 0) is 28.6 Å². The van der Waals surface area contributed by atoms with E-state index in [1.165, 1.54) is 218 Å². The van der Waals surface area contributed by atoms with Gasteiger partial charge in [-0.25, -0.2) is 0 Å². The number of esters is 3. The first-order chi connectivity index (χ1) is 36.0. The minimum Gasteiger partial charge on any atom is -0.462 e. The third kappa shape index (κ3) is 59.9. The van der Waals surface area contributed by atoms with Crippen molar-refractivity contribution in [2.45, 2.75) is 335 Å². The van der Waals surface area contributed by atoms with Gasteiger partial charge in [0.1, 0.15) is 13.2 Å². The van der Waals surface area contributed by atoms with Crippen LogP contribution < -0.4 is 0 Å². The van der Waals surface area contributed by atoms with E-state index in [0.29, 0.717) is 19.3 Å². The molecular formula is C67H120O6. The molecular weight excluding hydrogens is 901 g/mol. The molecule has 0 radical (unpaired) electrons. The Morgan fingerprint density at radius 1 is 0.288 bits per heavy atom. The van der Waals surface area contributed by atoms with Gasteiger partial charge in [-0.1, -0.05) is 300 Å². The van der Waals surface area contributed by atoms with Gasteiger partial charge in [-0.2, -0.15) is 0 Å². The van der Waals surface area contributed by atoms with Crippen molar-refractivity contribution in [3.8, 4) is 0 Å². The molecule has 73 heavy (non-hydrogen) atoms. The lowest BCUT2D eigenvalue weighted by Gasteiger charge is -2.18. The molecule has 0 spiro atoms. The topological polar surface area (TPSA) is 78.9 Å². The number of hydrogen-bond acceptors (Lipinski definition) is 6. The standard InChI is InChI=1S/C67H120O6/c1-4-7-10-13-16-19-22-25-27-29-30-31-32-33-34-35-36-38-39-42-45-48-51-54-57-60-66(69)72-63-64(62-71-65(68)59-56-53-50-47-44-41-24-21-18-15-12-9-6-3)73-67(70)61-58-55-52-49-46-43-40-37-28-26-23-20-17-14-11-8-5-2/h9,12,18,21,26,28,41,44,50,53,64H,4-8,10-11,13-17,19-20,22-25,27,29-40,42-43,45-49,51-52,54-63H2,1-3H3/b12-9-,21-18-,28-26-,44-41-,53-50-. The quantitative estimate of drug-likeness (QED) is 0.0261. The van der Waals surface area contributed by atoms with Crippen LogP contribution in [0.15, 0.2) is 60.8 Å². The summed E-state index contributed by atoms with van der Waals surface area (Å²) >= 11 is 0. The Bertz CT molecular complexity index is 1310. The molecule has 424 valence electrons. The fourth-order valence-corrected chi connectivity index (χ4v) is 9.28. The smallest absolute Gasteiger partial charge is 0.306 e. The predicted molar refractivity (Wildman–Crippen MR) is 316 cm³/mol. The fourth-order valence-electron chi connectivity index (χ4n) is 9.28. The molecule has 0 aliphatic rings. The molecule has 0 aliphatic carbocycles. The summed E-state index contributed by atoms with van der Waals surface area (Å²) in [6.07, 6.45) is 78.3. The van der Waals surface area contributed by atoms with E-state index < -0.39 is 6.10 Å². The van der Waals surface area contributed by atoms with Crippen molar-refractivity contribution in [1.82, 2.24) is 0 Å². The highest BCUT2D eigenvalue weighted by Crippen LogP contribution is 2.17. The van der Waals surface area contributed by atoms with Crippen molar-refractivity contribution in [1.29, 1.82) is 0 Å². The highest BCUT2D eigenvalue weighted by atomic mass is 16.6. The number of allylic oxidation sites excluding steroid dienone is 10. The summed E-state index contributed by atoms with van der Waals surface area (Å²) in [5.74, 6) is -0.968. The van der Waals surface area contributed by atoms with Crippen LogP contribution in [0, 0.1) is 0 Å². The van der Waals surface area contributed by atoms with Gasteiger partial charge < -0.3 is 14.2 Å². The molecule has 0 bridgehead atoms. The molecule has 6 nitrogen and oxygen atoms in total. The second-order valence-corrected chi connectivity index (χ2v) is 21.3. The molecule has 0 aromatic carbocycles. The maximum absolute atomic E-state index is 12.9. The van der Waals surface area contributed by atoms with Gasteiger partial charge in [0.05, 0.1) is 0 Å². The normalized spacial score (nSPS) is 12.4. The Kier molecular flexibility index (Phi) is 59.2. The molecule has 0 rings (SSSR count). The van der Waals surface area contributed by atoms with E-state index in [0.717, 1.165) is 64.2 Å². The summed E-state index contributed by atoms with van der Waals surface area (Å²) in [5, 5.41) is 0. The molecule has 0 fully saturated rings. The van der Waals surface area contributed by atoms with Crippen molar-refractivity contribution in [2.75, 3.05) is 13.2 Å². The second kappa shape index (κ2) is 61.7. The molecule has 0 aromatic rings. The first-order valence-electron chi connectivity index (χ1n) is 31.8.